The third kappa shape index (κ3) is 23.8. The number of hydrogen-bond donors (Lipinski definition) is 0. The first-order valence-electron chi connectivity index (χ1n) is 7.31. The lowest BCUT2D eigenvalue weighted by molar-refractivity contribution is 0.437. The average Bonchev–Trinajstić information content (AvgIpc) is 2.36. The molecule has 0 unspecified atom stereocenters. The van der Waals surface area contributed by atoms with Gasteiger partial charge in [-0.15, -0.1) is 12.3 Å². The summed E-state index contributed by atoms with van der Waals surface area (Å²) in [6.45, 7) is 14.0. The first-order valence-corrected chi connectivity index (χ1v) is 7.31. The molecule has 1 rings (SSSR count). The zero-order valence-electron chi connectivity index (χ0n) is 15.7. The fourth-order valence-corrected chi connectivity index (χ4v) is 1.12. The molecule has 3 nitrogen and oxygen atoms in total. The molecule has 21 heavy (non-hydrogen) atoms. The molecule has 0 aliphatic carbocycles. The number of allylic oxidation sites excluding steroid dienone is 2. The molecule has 1 aliphatic heterocycles. The van der Waals surface area contributed by atoms with Gasteiger partial charge in [-0.25, -0.2) is 0 Å². The van der Waals surface area contributed by atoms with Crippen LogP contribution >= 0.6 is 0 Å². The second-order valence-electron chi connectivity index (χ2n) is 5.30. The number of hydrogen-bond acceptors (Lipinski definition) is 3. The lowest BCUT2D eigenvalue weighted by Crippen LogP contribution is -2.13. The van der Waals surface area contributed by atoms with Gasteiger partial charge in [0, 0.05) is 32.3 Å². The van der Waals surface area contributed by atoms with Crippen LogP contribution in [0.1, 0.15) is 48.5 Å². The number of rotatable bonds is 1. The number of nitrogens with zero attached hydrogens (tertiary/aromatic N) is 3. The van der Waals surface area contributed by atoms with Crippen LogP contribution in [0, 0.1) is 17.8 Å². The van der Waals surface area contributed by atoms with Crippen LogP contribution in [0.15, 0.2) is 29.7 Å². The summed E-state index contributed by atoms with van der Waals surface area (Å²) in [4.78, 5) is 2.05. The Bertz CT molecular complexity index is 335. The topological polar surface area (TPSA) is 18.8 Å². The van der Waals surface area contributed by atoms with E-state index in [1.165, 1.54) is 0 Å². The average molecular weight is 293 g/mol. The van der Waals surface area contributed by atoms with Crippen LogP contribution in [0.5, 0.6) is 0 Å². The zero-order valence-corrected chi connectivity index (χ0v) is 15.7. The summed E-state index contributed by atoms with van der Waals surface area (Å²) in [5.74, 6) is 2.25. The normalized spacial score (nSPS) is 13.1. The summed E-state index contributed by atoms with van der Waals surface area (Å²) in [5.41, 5.74) is 1.34. The molecule has 0 saturated carbocycles. The van der Waals surface area contributed by atoms with Gasteiger partial charge < -0.3 is 9.91 Å². The molecule has 0 atom stereocenters. The van der Waals surface area contributed by atoms with Gasteiger partial charge in [0.05, 0.1) is 0 Å². The quantitative estimate of drug-likeness (QED) is 0.400. The fourth-order valence-electron chi connectivity index (χ4n) is 1.12. The van der Waals surface area contributed by atoms with E-state index in [1.54, 1.807) is 11.9 Å². The maximum Gasteiger partial charge on any atom is 0.0318 e. The van der Waals surface area contributed by atoms with Gasteiger partial charge in [-0.3, -0.25) is 0 Å². The van der Waals surface area contributed by atoms with Crippen molar-refractivity contribution in [2.45, 2.75) is 48.5 Å². The van der Waals surface area contributed by atoms with Gasteiger partial charge in [0.2, 0.25) is 0 Å². The van der Waals surface area contributed by atoms with Crippen molar-refractivity contribution in [2.75, 3.05) is 21.1 Å². The standard InChI is InChI=1S/C8H13N.C5H12N2.C3H4.C2H6/c1-8(2)4-6-9(3)7-5-8;1-5(2)6-7(3)4;1-3-2;1-2/h4-7H,1-3H3;1-4H3;1H,2H3;1-2H3. The Labute approximate surface area is 133 Å². The molecule has 3 heteroatoms. The van der Waals surface area contributed by atoms with E-state index in [1.807, 2.05) is 53.7 Å². The third-order valence-electron chi connectivity index (χ3n) is 1.88. The van der Waals surface area contributed by atoms with E-state index >= 15 is 0 Å². The highest BCUT2D eigenvalue weighted by molar-refractivity contribution is 5.78. The van der Waals surface area contributed by atoms with Gasteiger partial charge in [0.1, 0.15) is 0 Å². The molecule has 0 fully saturated rings. The second-order valence-corrected chi connectivity index (χ2v) is 5.30. The Morgan fingerprint density at radius 3 is 1.62 bits per heavy atom. The van der Waals surface area contributed by atoms with Crippen LogP contribution in [-0.4, -0.2) is 36.8 Å². The maximum atomic E-state index is 4.60. The molecule has 122 valence electrons. The Morgan fingerprint density at radius 2 is 1.48 bits per heavy atom. The Hall–Kier alpha value is -1.69. The van der Waals surface area contributed by atoms with Crippen molar-refractivity contribution in [3.8, 4) is 12.3 Å². The lowest BCUT2D eigenvalue weighted by Gasteiger charge is -2.22. The third-order valence-corrected chi connectivity index (χ3v) is 1.88. The minimum Gasteiger partial charge on any atom is -0.358 e. The minimum atomic E-state index is 0.256. The molecule has 0 N–H and O–H groups in total. The van der Waals surface area contributed by atoms with Crippen molar-refractivity contribution in [3.63, 3.8) is 0 Å². The molecule has 0 radical (unpaired) electrons. The first-order chi connectivity index (χ1) is 9.64. The number of hydrazone groups is 1. The van der Waals surface area contributed by atoms with E-state index in [9.17, 15) is 0 Å². The van der Waals surface area contributed by atoms with E-state index in [0.29, 0.717) is 0 Å². The monoisotopic (exact) mass is 293 g/mol. The highest BCUT2D eigenvalue weighted by atomic mass is 15.4. The van der Waals surface area contributed by atoms with Crippen LogP contribution < -0.4 is 0 Å². The van der Waals surface area contributed by atoms with Crippen LogP contribution in [0.4, 0.5) is 0 Å². The van der Waals surface area contributed by atoms with E-state index in [2.05, 4.69) is 55.8 Å². The summed E-state index contributed by atoms with van der Waals surface area (Å²) in [6.07, 6.45) is 13.1. The molecule has 0 aromatic rings. The molecule has 0 saturated heterocycles. The van der Waals surface area contributed by atoms with Crippen molar-refractivity contribution in [1.82, 2.24) is 9.91 Å². The largest absolute Gasteiger partial charge is 0.358 e. The van der Waals surface area contributed by atoms with E-state index in [4.69, 9.17) is 0 Å². The zero-order chi connectivity index (χ0) is 17.5. The second kappa shape index (κ2) is 14.7. The lowest BCUT2D eigenvalue weighted by atomic mass is 9.92. The molecule has 0 aromatic carbocycles. The molecule has 0 aromatic heterocycles. The smallest absolute Gasteiger partial charge is 0.0318 e. The van der Waals surface area contributed by atoms with Crippen LogP contribution in [0.25, 0.3) is 0 Å². The molecule has 0 bridgehead atoms. The molecular weight excluding hydrogens is 258 g/mol. The Balaban J connectivity index is -0.000000242. The van der Waals surface area contributed by atoms with Crippen molar-refractivity contribution >= 4 is 5.71 Å². The summed E-state index contributed by atoms with van der Waals surface area (Å²) < 4.78 is 0. The van der Waals surface area contributed by atoms with Gasteiger partial charge in [0.25, 0.3) is 0 Å². The van der Waals surface area contributed by atoms with Crippen LogP contribution in [0.3, 0.4) is 0 Å². The summed E-state index contributed by atoms with van der Waals surface area (Å²) >= 11 is 0. The maximum absolute atomic E-state index is 4.60. The summed E-state index contributed by atoms with van der Waals surface area (Å²) in [5, 5.41) is 5.81. The van der Waals surface area contributed by atoms with Crippen LogP contribution in [0.2, 0.25) is 0 Å². The highest BCUT2D eigenvalue weighted by Gasteiger charge is 2.11. The van der Waals surface area contributed by atoms with E-state index in [0.717, 1.165) is 5.71 Å². The predicted octanol–water partition coefficient (Wildman–Crippen LogP) is 4.59. The van der Waals surface area contributed by atoms with Gasteiger partial charge in [0.15, 0.2) is 0 Å². The SMILES string of the molecule is C#CC.CC.CC(C)=NN(C)C.CN1C=CC(C)(C)C=C1. The minimum absolute atomic E-state index is 0.256. The van der Waals surface area contributed by atoms with E-state index < -0.39 is 0 Å². The summed E-state index contributed by atoms with van der Waals surface area (Å²) in [7, 11) is 5.85. The van der Waals surface area contributed by atoms with E-state index in [-0.39, 0.29) is 5.41 Å². The highest BCUT2D eigenvalue weighted by Crippen LogP contribution is 2.22. The van der Waals surface area contributed by atoms with Crippen molar-refractivity contribution in [3.05, 3.63) is 24.6 Å². The molecule has 0 spiro atoms. The molecule has 1 aliphatic rings. The van der Waals surface area contributed by atoms with Crippen molar-refractivity contribution in [1.29, 1.82) is 0 Å². The van der Waals surface area contributed by atoms with Gasteiger partial charge in [-0.05, 0) is 33.2 Å². The first kappa shape index (κ1) is 24.3. The summed E-state index contributed by atoms with van der Waals surface area (Å²) in [6, 6.07) is 0. The molecule has 1 heterocycles. The Morgan fingerprint density at radius 1 is 1.14 bits per heavy atom. The van der Waals surface area contributed by atoms with Gasteiger partial charge in [-0.2, -0.15) is 5.10 Å². The van der Waals surface area contributed by atoms with Crippen molar-refractivity contribution in [2.24, 2.45) is 10.5 Å². The Kier molecular flexibility index (Phi) is 17.1. The predicted molar refractivity (Wildman–Crippen MR) is 98.1 cm³/mol. The van der Waals surface area contributed by atoms with Crippen LogP contribution in [-0.2, 0) is 0 Å². The van der Waals surface area contributed by atoms with Gasteiger partial charge in [-0.1, -0.05) is 39.8 Å². The molecular formula is C18H35N3. The number of terminal acetylenes is 1. The molecule has 0 amide bonds. The van der Waals surface area contributed by atoms with Gasteiger partial charge >= 0.3 is 0 Å². The fraction of sp³-hybridized carbons (Fsp3) is 0.611. The van der Waals surface area contributed by atoms with Crippen molar-refractivity contribution < 1.29 is 0 Å².